The predicted molar refractivity (Wildman–Crippen MR) is 80.6 cm³/mol. The zero-order valence-corrected chi connectivity index (χ0v) is 11.6. The summed E-state index contributed by atoms with van der Waals surface area (Å²) in [6.45, 7) is 0. The highest BCUT2D eigenvalue weighted by Gasteiger charge is 2.35. The average molecular weight is 281 g/mol. The molecule has 2 aromatic carbocycles. The van der Waals surface area contributed by atoms with Crippen molar-refractivity contribution < 1.29 is 9.50 Å². The molecular weight excluding hydrogens is 265 g/mol. The lowest BCUT2D eigenvalue weighted by Gasteiger charge is -2.33. The quantitative estimate of drug-likeness (QED) is 0.701. The van der Waals surface area contributed by atoms with Gasteiger partial charge in [0, 0.05) is 17.6 Å². The van der Waals surface area contributed by atoms with Crippen LogP contribution in [0.5, 0.6) is 0 Å². The number of H-pyrrole nitrogens is 1. The Morgan fingerprint density at radius 2 is 1.90 bits per heavy atom. The van der Waals surface area contributed by atoms with E-state index in [0.717, 1.165) is 27.7 Å². The van der Waals surface area contributed by atoms with Gasteiger partial charge in [-0.2, -0.15) is 0 Å². The number of aromatic amines is 1. The van der Waals surface area contributed by atoms with E-state index >= 15 is 0 Å². The fourth-order valence-electron chi connectivity index (χ4n) is 3.30. The van der Waals surface area contributed by atoms with Crippen molar-refractivity contribution in [2.45, 2.75) is 24.9 Å². The lowest BCUT2D eigenvalue weighted by molar-refractivity contribution is 0.0186. The van der Waals surface area contributed by atoms with Crippen molar-refractivity contribution in [1.29, 1.82) is 0 Å². The number of fused-ring (bicyclic) bond motifs is 2. The van der Waals surface area contributed by atoms with Gasteiger partial charge < -0.3 is 10.1 Å². The van der Waals surface area contributed by atoms with Crippen LogP contribution in [0.4, 0.5) is 4.39 Å². The number of halogens is 1. The van der Waals surface area contributed by atoms with E-state index in [1.807, 2.05) is 30.3 Å². The minimum Gasteiger partial charge on any atom is -0.383 e. The number of hydrogen-bond donors (Lipinski definition) is 2. The molecule has 0 aliphatic heterocycles. The molecule has 3 heteroatoms. The van der Waals surface area contributed by atoms with Crippen LogP contribution in [-0.2, 0) is 18.4 Å². The van der Waals surface area contributed by atoms with E-state index in [-0.39, 0.29) is 5.82 Å². The topological polar surface area (TPSA) is 36.0 Å². The van der Waals surface area contributed by atoms with Crippen molar-refractivity contribution in [2.75, 3.05) is 0 Å². The fraction of sp³-hybridized carbons (Fsp3) is 0.222. The molecule has 1 atom stereocenters. The molecule has 0 saturated carbocycles. The first-order chi connectivity index (χ1) is 10.1. The number of benzene rings is 2. The molecule has 1 unspecified atom stereocenters. The second-order valence-electron chi connectivity index (χ2n) is 5.89. The van der Waals surface area contributed by atoms with Gasteiger partial charge in [0.2, 0.25) is 0 Å². The Bertz CT molecular complexity index is 790. The van der Waals surface area contributed by atoms with Crippen molar-refractivity contribution in [3.63, 3.8) is 0 Å². The molecule has 3 aromatic rings. The Morgan fingerprint density at radius 3 is 2.76 bits per heavy atom. The molecule has 0 amide bonds. The molecular formula is C18H16FNO. The van der Waals surface area contributed by atoms with Crippen LogP contribution in [0.15, 0.2) is 48.5 Å². The maximum atomic E-state index is 13.3. The molecule has 1 aromatic heterocycles. The number of nitrogens with one attached hydrogen (secondary N) is 1. The first-order valence-electron chi connectivity index (χ1n) is 7.22. The standard InChI is InChI=1S/C18H16FNO/c19-15-6-5-14-11-18(21,8-7-12(14)9-15)17-10-13-3-1-2-4-16(13)20-17/h1-6,9-10,20-21H,7-8,11H2. The van der Waals surface area contributed by atoms with E-state index in [1.54, 1.807) is 12.1 Å². The van der Waals surface area contributed by atoms with E-state index < -0.39 is 5.60 Å². The second kappa shape index (κ2) is 4.43. The fourth-order valence-corrected chi connectivity index (χ4v) is 3.30. The van der Waals surface area contributed by atoms with Crippen LogP contribution >= 0.6 is 0 Å². The molecule has 2 nitrogen and oxygen atoms in total. The van der Waals surface area contributed by atoms with E-state index in [4.69, 9.17) is 0 Å². The molecule has 0 bridgehead atoms. The van der Waals surface area contributed by atoms with Crippen LogP contribution in [0.2, 0.25) is 0 Å². The number of para-hydroxylation sites is 1. The zero-order valence-electron chi connectivity index (χ0n) is 11.6. The molecule has 0 saturated heterocycles. The Morgan fingerprint density at radius 1 is 1.05 bits per heavy atom. The SMILES string of the molecule is OC1(c2cc3ccccc3[nH]2)CCc2cc(F)ccc2C1. The Labute approximate surface area is 122 Å². The molecule has 1 aliphatic rings. The van der Waals surface area contributed by atoms with Crippen molar-refractivity contribution in [3.05, 3.63) is 71.2 Å². The molecule has 1 aliphatic carbocycles. The van der Waals surface area contributed by atoms with Crippen molar-refractivity contribution >= 4 is 10.9 Å². The number of aromatic nitrogens is 1. The van der Waals surface area contributed by atoms with Gasteiger partial charge in [0.15, 0.2) is 0 Å². The highest BCUT2D eigenvalue weighted by molar-refractivity contribution is 5.80. The summed E-state index contributed by atoms with van der Waals surface area (Å²) in [4.78, 5) is 3.32. The van der Waals surface area contributed by atoms with E-state index in [1.165, 1.54) is 6.07 Å². The molecule has 4 rings (SSSR count). The van der Waals surface area contributed by atoms with Gasteiger partial charge in [0.25, 0.3) is 0 Å². The third kappa shape index (κ3) is 2.05. The van der Waals surface area contributed by atoms with Crippen LogP contribution in [-0.4, -0.2) is 10.1 Å². The van der Waals surface area contributed by atoms with Gasteiger partial charge in [0.05, 0.1) is 0 Å². The van der Waals surface area contributed by atoms with Crippen LogP contribution in [0, 0.1) is 5.82 Å². The number of aryl methyl sites for hydroxylation is 1. The maximum absolute atomic E-state index is 13.3. The van der Waals surface area contributed by atoms with Gasteiger partial charge in [-0.3, -0.25) is 0 Å². The summed E-state index contributed by atoms with van der Waals surface area (Å²) in [5.74, 6) is -0.204. The summed E-state index contributed by atoms with van der Waals surface area (Å²) in [5, 5.41) is 12.1. The third-order valence-electron chi connectivity index (χ3n) is 4.49. The Hall–Kier alpha value is -2.13. The molecule has 0 spiro atoms. The number of aliphatic hydroxyl groups is 1. The Kier molecular flexibility index (Phi) is 2.66. The zero-order chi connectivity index (χ0) is 14.4. The smallest absolute Gasteiger partial charge is 0.123 e. The van der Waals surface area contributed by atoms with E-state index in [9.17, 15) is 9.50 Å². The number of rotatable bonds is 1. The minimum atomic E-state index is -0.899. The van der Waals surface area contributed by atoms with Crippen LogP contribution in [0.1, 0.15) is 23.2 Å². The first-order valence-corrected chi connectivity index (χ1v) is 7.22. The van der Waals surface area contributed by atoms with Crippen LogP contribution in [0.25, 0.3) is 10.9 Å². The van der Waals surface area contributed by atoms with Gasteiger partial charge in [-0.1, -0.05) is 24.3 Å². The van der Waals surface area contributed by atoms with Crippen molar-refractivity contribution in [1.82, 2.24) is 4.98 Å². The number of hydrogen-bond acceptors (Lipinski definition) is 1. The molecule has 21 heavy (non-hydrogen) atoms. The predicted octanol–water partition coefficient (Wildman–Crippen LogP) is 3.68. The molecule has 0 radical (unpaired) electrons. The third-order valence-corrected chi connectivity index (χ3v) is 4.49. The maximum Gasteiger partial charge on any atom is 0.123 e. The van der Waals surface area contributed by atoms with Crippen molar-refractivity contribution in [2.24, 2.45) is 0 Å². The Balaban J connectivity index is 1.76. The van der Waals surface area contributed by atoms with Crippen LogP contribution in [0.3, 0.4) is 0 Å². The normalized spacial score (nSPS) is 21.4. The average Bonchev–Trinajstić information content (AvgIpc) is 2.92. The summed E-state index contributed by atoms with van der Waals surface area (Å²) < 4.78 is 13.3. The van der Waals surface area contributed by atoms with Gasteiger partial charge in [-0.05, 0) is 53.6 Å². The van der Waals surface area contributed by atoms with Crippen molar-refractivity contribution in [3.8, 4) is 0 Å². The second-order valence-corrected chi connectivity index (χ2v) is 5.89. The summed E-state index contributed by atoms with van der Waals surface area (Å²) in [7, 11) is 0. The highest BCUT2D eigenvalue weighted by atomic mass is 19.1. The molecule has 106 valence electrons. The summed E-state index contributed by atoms with van der Waals surface area (Å²) in [6, 6.07) is 14.9. The summed E-state index contributed by atoms with van der Waals surface area (Å²) in [6.07, 6.45) is 1.82. The monoisotopic (exact) mass is 281 g/mol. The summed E-state index contributed by atoms with van der Waals surface area (Å²) >= 11 is 0. The molecule has 0 fully saturated rings. The van der Waals surface area contributed by atoms with Crippen LogP contribution < -0.4 is 0 Å². The lowest BCUT2D eigenvalue weighted by atomic mass is 9.78. The van der Waals surface area contributed by atoms with E-state index in [2.05, 4.69) is 4.98 Å². The van der Waals surface area contributed by atoms with Gasteiger partial charge in [0.1, 0.15) is 11.4 Å². The molecule has 1 heterocycles. The lowest BCUT2D eigenvalue weighted by Crippen LogP contribution is -2.33. The van der Waals surface area contributed by atoms with E-state index in [0.29, 0.717) is 19.3 Å². The van der Waals surface area contributed by atoms with Gasteiger partial charge in [-0.15, -0.1) is 0 Å². The summed E-state index contributed by atoms with van der Waals surface area (Å²) in [5.41, 5.74) is 3.02. The molecule has 2 N–H and O–H groups in total. The minimum absolute atomic E-state index is 0.204. The largest absolute Gasteiger partial charge is 0.383 e. The van der Waals surface area contributed by atoms with Gasteiger partial charge >= 0.3 is 0 Å². The van der Waals surface area contributed by atoms with Gasteiger partial charge in [-0.25, -0.2) is 4.39 Å². The first kappa shape index (κ1) is 12.6. The highest BCUT2D eigenvalue weighted by Crippen LogP contribution is 2.37.